The SMILES string of the molecule is Cc1cccc(C)c1-c1cc2c(C)nc(-c3cc(-c4cccc5c4nc(-c4cc(C(C)(C)C)cc(C(C)(C)C)c4O)n5-c4ccccc4-c4ccccc4)cc(C(C)(C)C)c3)cc2o1. The number of aryl methyl sites for hydroxylation is 3. The molecule has 1 N–H and O–H groups in total. The molecule has 5 nitrogen and oxygen atoms in total. The van der Waals surface area contributed by atoms with E-state index in [1.165, 1.54) is 16.7 Å². The number of aromatic nitrogens is 3. The van der Waals surface area contributed by atoms with Gasteiger partial charge in [0, 0.05) is 45.0 Å². The van der Waals surface area contributed by atoms with Crippen LogP contribution in [0.1, 0.15) is 95.8 Å². The van der Waals surface area contributed by atoms with Gasteiger partial charge >= 0.3 is 0 Å². The highest BCUT2D eigenvalue weighted by atomic mass is 16.3. The lowest BCUT2D eigenvalue weighted by Gasteiger charge is -2.27. The number of phenolic OH excluding ortho intramolecular Hbond substituents is 1. The Morgan fingerprint density at radius 3 is 1.84 bits per heavy atom. The van der Waals surface area contributed by atoms with Crippen molar-refractivity contribution < 1.29 is 9.52 Å². The normalized spacial score (nSPS) is 12.4. The first kappa shape index (κ1) is 42.6. The monoisotopic (exact) mass is 841 g/mol. The third kappa shape index (κ3) is 7.61. The molecule has 0 unspecified atom stereocenters. The summed E-state index contributed by atoms with van der Waals surface area (Å²) in [5.74, 6) is 1.80. The van der Waals surface area contributed by atoms with Crippen LogP contribution in [0.2, 0.25) is 0 Å². The third-order valence-electron chi connectivity index (χ3n) is 12.8. The van der Waals surface area contributed by atoms with Crippen molar-refractivity contribution >= 4 is 22.0 Å². The molecule has 0 aliphatic carbocycles. The maximum absolute atomic E-state index is 12.4. The fourth-order valence-corrected chi connectivity index (χ4v) is 9.13. The first-order valence-electron chi connectivity index (χ1n) is 22.5. The number of hydrogen-bond acceptors (Lipinski definition) is 4. The number of benzene rings is 6. The molecule has 64 heavy (non-hydrogen) atoms. The molecule has 0 saturated carbocycles. The number of furan rings is 1. The Bertz CT molecular complexity index is 3230. The largest absolute Gasteiger partial charge is 0.507 e. The van der Waals surface area contributed by atoms with Crippen LogP contribution in [0.4, 0.5) is 0 Å². The average molecular weight is 842 g/mol. The summed E-state index contributed by atoms with van der Waals surface area (Å²) in [5, 5.41) is 13.5. The van der Waals surface area contributed by atoms with Gasteiger partial charge in [0.2, 0.25) is 0 Å². The highest BCUT2D eigenvalue weighted by molar-refractivity contribution is 5.98. The summed E-state index contributed by atoms with van der Waals surface area (Å²) in [6, 6.07) is 47.2. The van der Waals surface area contributed by atoms with E-state index in [1.807, 2.05) is 6.07 Å². The summed E-state index contributed by atoms with van der Waals surface area (Å²) >= 11 is 0. The van der Waals surface area contributed by atoms with Crippen LogP contribution in [0.25, 0.3) is 83.9 Å². The van der Waals surface area contributed by atoms with E-state index in [0.29, 0.717) is 11.4 Å². The van der Waals surface area contributed by atoms with Crippen LogP contribution in [0.3, 0.4) is 0 Å². The Morgan fingerprint density at radius 1 is 0.531 bits per heavy atom. The Hall–Kier alpha value is -6.72. The molecule has 322 valence electrons. The Labute approximate surface area is 378 Å². The molecule has 0 aliphatic rings. The van der Waals surface area contributed by atoms with Crippen molar-refractivity contribution in [3.8, 4) is 67.7 Å². The maximum atomic E-state index is 12.4. The second-order valence-corrected chi connectivity index (χ2v) is 20.7. The number of rotatable bonds is 6. The van der Waals surface area contributed by atoms with Crippen molar-refractivity contribution in [1.29, 1.82) is 0 Å². The van der Waals surface area contributed by atoms with Crippen molar-refractivity contribution in [3.63, 3.8) is 0 Å². The molecule has 3 heterocycles. The van der Waals surface area contributed by atoms with Crippen LogP contribution >= 0.6 is 0 Å². The Balaban J connectivity index is 1.32. The number of fused-ring (bicyclic) bond motifs is 2. The van der Waals surface area contributed by atoms with E-state index < -0.39 is 0 Å². The number of nitrogens with zero attached hydrogens (tertiary/aromatic N) is 3. The number of pyridine rings is 1. The van der Waals surface area contributed by atoms with Crippen LogP contribution in [-0.4, -0.2) is 19.6 Å². The van der Waals surface area contributed by atoms with Crippen molar-refractivity contribution in [1.82, 2.24) is 14.5 Å². The first-order valence-corrected chi connectivity index (χ1v) is 22.5. The van der Waals surface area contributed by atoms with Gasteiger partial charge in [-0.2, -0.15) is 0 Å². The number of phenols is 1. The minimum Gasteiger partial charge on any atom is -0.507 e. The summed E-state index contributed by atoms with van der Waals surface area (Å²) in [4.78, 5) is 10.9. The van der Waals surface area contributed by atoms with Crippen molar-refractivity contribution in [2.75, 3.05) is 0 Å². The predicted octanol–water partition coefficient (Wildman–Crippen LogP) is 16.0. The number of hydrogen-bond donors (Lipinski definition) is 1. The Kier molecular flexibility index (Phi) is 10.3. The molecule has 5 heteroatoms. The third-order valence-corrected chi connectivity index (χ3v) is 12.8. The van der Waals surface area contributed by atoms with E-state index in [1.54, 1.807) is 0 Å². The molecule has 0 amide bonds. The fourth-order valence-electron chi connectivity index (χ4n) is 9.13. The van der Waals surface area contributed by atoms with Crippen molar-refractivity contribution in [2.45, 2.75) is 99.3 Å². The first-order chi connectivity index (χ1) is 30.3. The van der Waals surface area contributed by atoms with Crippen molar-refractivity contribution in [2.24, 2.45) is 0 Å². The topological polar surface area (TPSA) is 64.1 Å². The lowest BCUT2D eigenvalue weighted by Crippen LogP contribution is -2.17. The number of aromatic hydroxyl groups is 1. The van der Waals surface area contributed by atoms with E-state index in [9.17, 15) is 5.11 Å². The molecule has 9 aromatic rings. The number of imidazole rings is 1. The highest BCUT2D eigenvalue weighted by Crippen LogP contribution is 2.46. The van der Waals surface area contributed by atoms with Gasteiger partial charge in [-0.25, -0.2) is 4.98 Å². The quantitative estimate of drug-likeness (QED) is 0.181. The molecule has 9 rings (SSSR count). The maximum Gasteiger partial charge on any atom is 0.149 e. The lowest BCUT2D eigenvalue weighted by atomic mass is 9.79. The fraction of sp³-hybridized carbons (Fsp3) is 0.254. The summed E-state index contributed by atoms with van der Waals surface area (Å²) in [5.41, 5.74) is 17.3. The molecular weight excluding hydrogens is 783 g/mol. The van der Waals surface area contributed by atoms with Gasteiger partial charge in [-0.3, -0.25) is 9.55 Å². The lowest BCUT2D eigenvalue weighted by molar-refractivity contribution is 0.446. The van der Waals surface area contributed by atoms with Gasteiger partial charge in [-0.1, -0.05) is 153 Å². The van der Waals surface area contributed by atoms with Gasteiger partial charge in [0.1, 0.15) is 22.9 Å². The zero-order valence-electron chi connectivity index (χ0n) is 39.4. The second kappa shape index (κ2) is 15.5. The van der Waals surface area contributed by atoms with Crippen LogP contribution in [0.5, 0.6) is 5.75 Å². The average Bonchev–Trinajstić information content (AvgIpc) is 3.85. The van der Waals surface area contributed by atoms with Gasteiger partial charge < -0.3 is 9.52 Å². The van der Waals surface area contributed by atoms with Gasteiger partial charge in [-0.15, -0.1) is 0 Å². The van der Waals surface area contributed by atoms with E-state index in [0.717, 1.165) is 89.3 Å². The van der Waals surface area contributed by atoms with Crippen LogP contribution in [0, 0.1) is 20.8 Å². The zero-order chi connectivity index (χ0) is 45.5. The molecule has 0 bridgehead atoms. The van der Waals surface area contributed by atoms with Gasteiger partial charge in [0.25, 0.3) is 0 Å². The minimum atomic E-state index is -0.320. The smallest absolute Gasteiger partial charge is 0.149 e. The van der Waals surface area contributed by atoms with Gasteiger partial charge in [0.15, 0.2) is 0 Å². The van der Waals surface area contributed by atoms with Crippen LogP contribution in [-0.2, 0) is 16.2 Å². The molecule has 0 radical (unpaired) electrons. The standard InChI is InChI=1S/C59H59N3O2/c1-35-20-18-21-36(2)53(35)52-33-45-37(3)60-48(34-51(45)64-52)40-28-39(29-41(30-40)57(4,5)6)44-25-19-27-50-54(44)61-56(46-31-42(58(7,8)9)32-47(55(46)63)59(10,11)12)62(50)49-26-17-16-24-43(49)38-22-14-13-15-23-38/h13-34,63H,1-12H3. The molecule has 0 spiro atoms. The van der Waals surface area contributed by atoms with E-state index in [-0.39, 0.29) is 22.0 Å². The van der Waals surface area contributed by atoms with Gasteiger partial charge in [-0.05, 0) is 107 Å². The molecule has 0 atom stereocenters. The molecule has 3 aromatic heterocycles. The van der Waals surface area contributed by atoms with E-state index in [2.05, 4.69) is 215 Å². The summed E-state index contributed by atoms with van der Waals surface area (Å²) in [7, 11) is 0. The minimum absolute atomic E-state index is 0.167. The summed E-state index contributed by atoms with van der Waals surface area (Å²) < 4.78 is 8.92. The Morgan fingerprint density at radius 2 is 1.16 bits per heavy atom. The summed E-state index contributed by atoms with van der Waals surface area (Å²) in [6.45, 7) is 26.3. The van der Waals surface area contributed by atoms with E-state index >= 15 is 0 Å². The van der Waals surface area contributed by atoms with Gasteiger partial charge in [0.05, 0.1) is 28.0 Å². The zero-order valence-corrected chi connectivity index (χ0v) is 39.4. The molecule has 0 fully saturated rings. The molecule has 0 aliphatic heterocycles. The van der Waals surface area contributed by atoms with Crippen LogP contribution < -0.4 is 0 Å². The molecular formula is C59H59N3O2. The molecule has 0 saturated heterocycles. The summed E-state index contributed by atoms with van der Waals surface area (Å²) in [6.07, 6.45) is 0. The number of para-hydroxylation sites is 2. The predicted molar refractivity (Wildman–Crippen MR) is 268 cm³/mol. The van der Waals surface area contributed by atoms with Crippen molar-refractivity contribution in [3.05, 3.63) is 167 Å². The molecule has 6 aromatic carbocycles. The van der Waals surface area contributed by atoms with Crippen LogP contribution in [0.15, 0.2) is 138 Å². The highest BCUT2D eigenvalue weighted by Gasteiger charge is 2.29. The second-order valence-electron chi connectivity index (χ2n) is 20.7. The van der Waals surface area contributed by atoms with E-state index in [4.69, 9.17) is 14.4 Å².